The predicted molar refractivity (Wildman–Crippen MR) is 60.5 cm³/mol. The molecule has 1 heterocycles. The lowest BCUT2D eigenvalue weighted by atomic mass is 9.72. The van der Waals surface area contributed by atoms with Crippen molar-refractivity contribution in [2.45, 2.75) is 51.0 Å². The third-order valence-corrected chi connectivity index (χ3v) is 4.26. The lowest BCUT2D eigenvalue weighted by Crippen LogP contribution is -2.61. The van der Waals surface area contributed by atoms with Crippen molar-refractivity contribution in [3.8, 4) is 0 Å². The molecule has 2 unspecified atom stereocenters. The lowest BCUT2D eigenvalue weighted by Gasteiger charge is -2.47. The van der Waals surface area contributed by atoms with E-state index < -0.39 is 0 Å². The Morgan fingerprint density at radius 3 is 2.44 bits per heavy atom. The summed E-state index contributed by atoms with van der Waals surface area (Å²) in [7, 11) is 0. The van der Waals surface area contributed by atoms with Gasteiger partial charge < -0.3 is 5.73 Å². The van der Waals surface area contributed by atoms with E-state index in [1.54, 1.807) is 0 Å². The number of imide groups is 1. The molecule has 1 saturated carbocycles. The molecule has 1 aliphatic heterocycles. The summed E-state index contributed by atoms with van der Waals surface area (Å²) in [6.45, 7) is 2.52. The standard InChI is InChI=1S/C12H20N2O2/c1-9-4-2-3-7-12(9,8-13)14-10(15)5-6-11(14)16/h9H,2-8,13H2,1H3. The summed E-state index contributed by atoms with van der Waals surface area (Å²) in [5, 5.41) is 0. The molecular formula is C12H20N2O2. The maximum absolute atomic E-state index is 11.8. The van der Waals surface area contributed by atoms with Gasteiger partial charge in [-0.25, -0.2) is 0 Å². The second-order valence-electron chi connectivity index (χ2n) is 5.08. The monoisotopic (exact) mass is 224 g/mol. The summed E-state index contributed by atoms with van der Waals surface area (Å²) in [4.78, 5) is 25.2. The van der Waals surface area contributed by atoms with Crippen LogP contribution in [0.4, 0.5) is 0 Å². The van der Waals surface area contributed by atoms with Gasteiger partial charge in [-0.05, 0) is 18.8 Å². The summed E-state index contributed by atoms with van der Waals surface area (Å²) in [6, 6.07) is 0. The summed E-state index contributed by atoms with van der Waals surface area (Å²) in [5.41, 5.74) is 5.50. The molecule has 2 rings (SSSR count). The molecule has 1 aliphatic carbocycles. The first-order valence-electron chi connectivity index (χ1n) is 6.18. The SMILES string of the molecule is CC1CCCCC1(CN)N1C(=O)CCC1=O. The molecule has 1 saturated heterocycles. The smallest absolute Gasteiger partial charge is 0.230 e. The van der Waals surface area contributed by atoms with Crippen LogP contribution in [0.3, 0.4) is 0 Å². The highest BCUT2D eigenvalue weighted by molar-refractivity contribution is 6.02. The number of nitrogens with two attached hydrogens (primary N) is 1. The van der Waals surface area contributed by atoms with Crippen LogP contribution in [-0.4, -0.2) is 28.8 Å². The molecule has 2 N–H and O–H groups in total. The maximum atomic E-state index is 11.8. The third kappa shape index (κ3) is 1.56. The molecule has 0 radical (unpaired) electrons. The Hall–Kier alpha value is -0.900. The van der Waals surface area contributed by atoms with E-state index in [4.69, 9.17) is 5.73 Å². The number of carbonyl (C=O) groups is 2. The van der Waals surface area contributed by atoms with Gasteiger partial charge in [-0.3, -0.25) is 14.5 Å². The van der Waals surface area contributed by atoms with Crippen molar-refractivity contribution >= 4 is 11.8 Å². The molecule has 0 spiro atoms. The van der Waals surface area contributed by atoms with E-state index in [9.17, 15) is 9.59 Å². The second kappa shape index (κ2) is 4.17. The lowest BCUT2D eigenvalue weighted by molar-refractivity contribution is -0.149. The molecule has 0 aromatic heterocycles. The molecule has 4 nitrogen and oxygen atoms in total. The van der Waals surface area contributed by atoms with E-state index in [-0.39, 0.29) is 17.4 Å². The largest absolute Gasteiger partial charge is 0.328 e. The summed E-state index contributed by atoms with van der Waals surface area (Å²) < 4.78 is 0. The van der Waals surface area contributed by atoms with Gasteiger partial charge in [-0.2, -0.15) is 0 Å². The Labute approximate surface area is 96.2 Å². The fraction of sp³-hybridized carbons (Fsp3) is 0.833. The summed E-state index contributed by atoms with van der Waals surface area (Å²) >= 11 is 0. The van der Waals surface area contributed by atoms with Gasteiger partial charge in [0.1, 0.15) is 0 Å². The van der Waals surface area contributed by atoms with Crippen LogP contribution in [0.25, 0.3) is 0 Å². The molecule has 2 atom stereocenters. The highest BCUT2D eigenvalue weighted by Gasteiger charge is 2.49. The van der Waals surface area contributed by atoms with Crippen molar-refractivity contribution < 1.29 is 9.59 Å². The number of nitrogens with zero attached hydrogens (tertiary/aromatic N) is 1. The molecule has 16 heavy (non-hydrogen) atoms. The van der Waals surface area contributed by atoms with Crippen LogP contribution in [-0.2, 0) is 9.59 Å². The molecule has 90 valence electrons. The fourth-order valence-corrected chi connectivity index (χ4v) is 3.20. The molecule has 0 aromatic carbocycles. The number of amides is 2. The molecular weight excluding hydrogens is 204 g/mol. The zero-order valence-electron chi connectivity index (χ0n) is 9.87. The quantitative estimate of drug-likeness (QED) is 0.713. The molecule has 4 heteroatoms. The van der Waals surface area contributed by atoms with Gasteiger partial charge in [0.25, 0.3) is 0 Å². The first-order valence-corrected chi connectivity index (χ1v) is 6.18. The molecule has 2 aliphatic rings. The second-order valence-corrected chi connectivity index (χ2v) is 5.08. The van der Waals surface area contributed by atoms with Crippen LogP contribution in [0.15, 0.2) is 0 Å². The first-order chi connectivity index (χ1) is 7.62. The van der Waals surface area contributed by atoms with E-state index in [1.165, 1.54) is 11.3 Å². The maximum Gasteiger partial charge on any atom is 0.230 e. The van der Waals surface area contributed by atoms with E-state index in [2.05, 4.69) is 6.92 Å². The zero-order chi connectivity index (χ0) is 11.8. The van der Waals surface area contributed by atoms with Gasteiger partial charge in [-0.15, -0.1) is 0 Å². The minimum absolute atomic E-state index is 0.0239. The van der Waals surface area contributed by atoms with E-state index in [0.29, 0.717) is 25.3 Å². The Morgan fingerprint density at radius 1 is 1.31 bits per heavy atom. The predicted octanol–water partition coefficient (Wildman–Crippen LogP) is 1.04. The number of likely N-dealkylation sites (tertiary alicyclic amines) is 1. The number of hydrogen-bond donors (Lipinski definition) is 1. The van der Waals surface area contributed by atoms with Crippen molar-refractivity contribution in [2.75, 3.05) is 6.54 Å². The number of hydrogen-bond acceptors (Lipinski definition) is 3. The minimum Gasteiger partial charge on any atom is -0.328 e. The van der Waals surface area contributed by atoms with Crippen LogP contribution < -0.4 is 5.73 Å². The van der Waals surface area contributed by atoms with E-state index in [0.717, 1.165) is 19.3 Å². The minimum atomic E-state index is -0.386. The Balaban J connectivity index is 2.32. The van der Waals surface area contributed by atoms with Gasteiger partial charge in [-0.1, -0.05) is 19.8 Å². The van der Waals surface area contributed by atoms with Gasteiger partial charge >= 0.3 is 0 Å². The van der Waals surface area contributed by atoms with Crippen molar-refractivity contribution in [3.05, 3.63) is 0 Å². The van der Waals surface area contributed by atoms with E-state index >= 15 is 0 Å². The van der Waals surface area contributed by atoms with Crippen LogP contribution in [0.1, 0.15) is 45.4 Å². The van der Waals surface area contributed by atoms with Crippen LogP contribution >= 0.6 is 0 Å². The van der Waals surface area contributed by atoms with Crippen molar-refractivity contribution in [1.82, 2.24) is 4.90 Å². The van der Waals surface area contributed by atoms with Crippen molar-refractivity contribution in [2.24, 2.45) is 11.7 Å². The Bertz CT molecular complexity index is 300. The van der Waals surface area contributed by atoms with Crippen molar-refractivity contribution in [3.63, 3.8) is 0 Å². The van der Waals surface area contributed by atoms with E-state index in [1.807, 2.05) is 0 Å². The average molecular weight is 224 g/mol. The van der Waals surface area contributed by atoms with Gasteiger partial charge in [0.15, 0.2) is 0 Å². The molecule has 2 amide bonds. The Kier molecular flexibility index (Phi) is 3.02. The summed E-state index contributed by atoms with van der Waals surface area (Å²) in [5.74, 6) is 0.283. The zero-order valence-corrected chi connectivity index (χ0v) is 9.87. The van der Waals surface area contributed by atoms with Crippen LogP contribution in [0.2, 0.25) is 0 Å². The van der Waals surface area contributed by atoms with Crippen LogP contribution in [0.5, 0.6) is 0 Å². The number of carbonyl (C=O) groups excluding carboxylic acids is 2. The van der Waals surface area contributed by atoms with Crippen LogP contribution in [0, 0.1) is 5.92 Å². The molecule has 0 aromatic rings. The summed E-state index contributed by atoms with van der Waals surface area (Å²) in [6.07, 6.45) is 4.93. The first kappa shape index (κ1) is 11.6. The highest BCUT2D eigenvalue weighted by Crippen LogP contribution is 2.40. The van der Waals surface area contributed by atoms with Gasteiger partial charge in [0, 0.05) is 19.4 Å². The molecule has 0 bridgehead atoms. The Morgan fingerprint density at radius 2 is 1.94 bits per heavy atom. The fourth-order valence-electron chi connectivity index (χ4n) is 3.20. The van der Waals surface area contributed by atoms with Gasteiger partial charge in [0.05, 0.1) is 5.54 Å². The molecule has 2 fully saturated rings. The number of rotatable bonds is 2. The van der Waals surface area contributed by atoms with Crippen molar-refractivity contribution in [1.29, 1.82) is 0 Å². The van der Waals surface area contributed by atoms with Gasteiger partial charge in [0.2, 0.25) is 11.8 Å². The average Bonchev–Trinajstić information content (AvgIpc) is 2.61. The normalized spacial score (nSPS) is 35.9. The third-order valence-electron chi connectivity index (χ3n) is 4.26. The topological polar surface area (TPSA) is 63.4 Å². The highest BCUT2D eigenvalue weighted by atomic mass is 16.2.